The minimum Gasteiger partial charge on any atom is -0.481 e. The van der Waals surface area contributed by atoms with E-state index in [9.17, 15) is 4.79 Å². The topological polar surface area (TPSA) is 89.6 Å². The Labute approximate surface area is 128 Å². The van der Waals surface area contributed by atoms with Crippen LogP contribution < -0.4 is 0 Å². The number of rotatable bonds is 9. The van der Waals surface area contributed by atoms with Crippen molar-refractivity contribution in [2.75, 3.05) is 6.61 Å². The van der Waals surface area contributed by atoms with Gasteiger partial charge in [0.05, 0.1) is 12.9 Å². The molecule has 0 aliphatic carbocycles. The molecular weight excluding hydrogens is 284 g/mol. The molecule has 0 aromatic carbocycles. The summed E-state index contributed by atoms with van der Waals surface area (Å²) < 4.78 is 1.89. The molecule has 2 rings (SSSR count). The van der Waals surface area contributed by atoms with Crippen LogP contribution in [-0.2, 0) is 16.2 Å². The smallest absolute Gasteiger partial charge is 0.303 e. The van der Waals surface area contributed by atoms with E-state index in [1.807, 2.05) is 22.9 Å². The maximum absolute atomic E-state index is 10.4. The normalized spacial score (nSPS) is 11.4. The van der Waals surface area contributed by atoms with E-state index in [-0.39, 0.29) is 6.42 Å². The van der Waals surface area contributed by atoms with Gasteiger partial charge in [-0.15, -0.1) is 0 Å². The molecule has 2 aromatic heterocycles. The van der Waals surface area contributed by atoms with Gasteiger partial charge in [0, 0.05) is 36.8 Å². The molecule has 22 heavy (non-hydrogen) atoms. The molecule has 0 aliphatic rings. The monoisotopic (exact) mass is 302 g/mol. The molecular formula is C15H18N4O3. The standard InChI is InChI=1S/C15H18N4O3/c20-15(21)5-1-2-9-22-18-14(11-19-8-7-17-12-19)13-4-3-6-16-10-13/h3-4,6-8,10,12H,1-2,5,9,11H2,(H,20,21). The summed E-state index contributed by atoms with van der Waals surface area (Å²) >= 11 is 0. The van der Waals surface area contributed by atoms with Gasteiger partial charge in [-0.05, 0) is 25.0 Å². The Morgan fingerprint density at radius 1 is 1.32 bits per heavy atom. The number of imidazole rings is 1. The first-order chi connectivity index (χ1) is 10.8. The van der Waals surface area contributed by atoms with Crippen molar-refractivity contribution in [1.82, 2.24) is 14.5 Å². The van der Waals surface area contributed by atoms with E-state index >= 15 is 0 Å². The minimum absolute atomic E-state index is 0.150. The Morgan fingerprint density at radius 3 is 2.91 bits per heavy atom. The summed E-state index contributed by atoms with van der Waals surface area (Å²) in [5, 5.41) is 12.7. The lowest BCUT2D eigenvalue weighted by Crippen LogP contribution is -2.11. The van der Waals surface area contributed by atoms with E-state index in [2.05, 4.69) is 15.1 Å². The van der Waals surface area contributed by atoms with Gasteiger partial charge in [-0.1, -0.05) is 5.16 Å². The molecule has 2 aromatic rings. The van der Waals surface area contributed by atoms with Gasteiger partial charge in [0.1, 0.15) is 12.3 Å². The Bertz CT molecular complexity index is 597. The minimum atomic E-state index is -0.792. The summed E-state index contributed by atoms with van der Waals surface area (Å²) in [6.07, 6.45) is 10.1. The maximum atomic E-state index is 10.4. The molecule has 0 amide bonds. The van der Waals surface area contributed by atoms with E-state index in [1.54, 1.807) is 24.9 Å². The van der Waals surface area contributed by atoms with E-state index in [1.165, 1.54) is 0 Å². The summed E-state index contributed by atoms with van der Waals surface area (Å²) in [7, 11) is 0. The Morgan fingerprint density at radius 2 is 2.23 bits per heavy atom. The number of oxime groups is 1. The molecule has 0 fully saturated rings. The molecule has 7 nitrogen and oxygen atoms in total. The second-order valence-electron chi connectivity index (χ2n) is 4.70. The van der Waals surface area contributed by atoms with Gasteiger partial charge < -0.3 is 14.5 Å². The largest absolute Gasteiger partial charge is 0.481 e. The Kier molecular flexibility index (Phi) is 6.10. The van der Waals surface area contributed by atoms with Crippen LogP contribution in [0.25, 0.3) is 0 Å². The summed E-state index contributed by atoms with van der Waals surface area (Å²) in [5.74, 6) is -0.792. The van der Waals surface area contributed by atoms with Crippen LogP contribution >= 0.6 is 0 Å². The van der Waals surface area contributed by atoms with Crippen LogP contribution in [0.3, 0.4) is 0 Å². The third kappa shape index (κ3) is 5.35. The molecule has 2 heterocycles. The first-order valence-corrected chi connectivity index (χ1v) is 7.02. The molecule has 116 valence electrons. The molecule has 1 N–H and O–H groups in total. The van der Waals surface area contributed by atoms with Crippen molar-refractivity contribution in [1.29, 1.82) is 0 Å². The van der Waals surface area contributed by atoms with Gasteiger partial charge in [0.2, 0.25) is 0 Å². The second-order valence-corrected chi connectivity index (χ2v) is 4.70. The highest BCUT2D eigenvalue weighted by atomic mass is 16.6. The van der Waals surface area contributed by atoms with Crippen molar-refractivity contribution >= 4 is 11.7 Å². The zero-order valence-corrected chi connectivity index (χ0v) is 12.1. The average Bonchev–Trinajstić information content (AvgIpc) is 3.03. The third-order valence-electron chi connectivity index (χ3n) is 2.94. The Balaban J connectivity index is 1.92. The van der Waals surface area contributed by atoms with Gasteiger partial charge in [-0.3, -0.25) is 9.78 Å². The molecule has 0 atom stereocenters. The van der Waals surface area contributed by atoms with Crippen LogP contribution in [0.2, 0.25) is 0 Å². The molecule has 0 saturated carbocycles. The lowest BCUT2D eigenvalue weighted by molar-refractivity contribution is -0.137. The molecule has 0 aliphatic heterocycles. The summed E-state index contributed by atoms with van der Waals surface area (Å²) in [6.45, 7) is 0.918. The maximum Gasteiger partial charge on any atom is 0.303 e. The van der Waals surface area contributed by atoms with Gasteiger partial charge in [0.15, 0.2) is 0 Å². The first-order valence-electron chi connectivity index (χ1n) is 7.02. The number of pyridine rings is 1. The predicted molar refractivity (Wildman–Crippen MR) is 80.4 cm³/mol. The van der Waals surface area contributed by atoms with E-state index in [0.717, 1.165) is 11.3 Å². The number of hydrogen-bond acceptors (Lipinski definition) is 5. The van der Waals surface area contributed by atoms with E-state index in [0.29, 0.717) is 26.0 Å². The lowest BCUT2D eigenvalue weighted by Gasteiger charge is -2.07. The van der Waals surface area contributed by atoms with Crippen molar-refractivity contribution < 1.29 is 14.7 Å². The van der Waals surface area contributed by atoms with Crippen molar-refractivity contribution in [3.05, 3.63) is 48.8 Å². The van der Waals surface area contributed by atoms with Gasteiger partial charge in [-0.2, -0.15) is 0 Å². The summed E-state index contributed by atoms with van der Waals surface area (Å²) in [4.78, 5) is 23.8. The number of hydrogen-bond donors (Lipinski definition) is 1. The van der Waals surface area contributed by atoms with Gasteiger partial charge in [0.25, 0.3) is 0 Å². The van der Waals surface area contributed by atoms with Crippen molar-refractivity contribution in [3.8, 4) is 0 Å². The van der Waals surface area contributed by atoms with Crippen LogP contribution in [0.4, 0.5) is 0 Å². The molecule has 0 radical (unpaired) electrons. The predicted octanol–water partition coefficient (Wildman–Crippen LogP) is 1.95. The number of unbranched alkanes of at least 4 members (excludes halogenated alkanes) is 1. The van der Waals surface area contributed by atoms with Crippen LogP contribution in [0.1, 0.15) is 24.8 Å². The van der Waals surface area contributed by atoms with Crippen LogP contribution in [0.15, 0.2) is 48.4 Å². The highest BCUT2D eigenvalue weighted by Gasteiger charge is 2.06. The fourth-order valence-electron chi connectivity index (χ4n) is 1.83. The lowest BCUT2D eigenvalue weighted by atomic mass is 10.2. The molecule has 7 heteroatoms. The van der Waals surface area contributed by atoms with Crippen LogP contribution in [0.5, 0.6) is 0 Å². The van der Waals surface area contributed by atoms with Crippen LogP contribution in [-0.4, -0.2) is 37.9 Å². The van der Waals surface area contributed by atoms with Crippen molar-refractivity contribution in [2.24, 2.45) is 5.16 Å². The summed E-state index contributed by atoms with van der Waals surface area (Å²) in [6, 6.07) is 3.75. The molecule has 0 bridgehead atoms. The first kappa shape index (κ1) is 15.7. The summed E-state index contributed by atoms with van der Waals surface area (Å²) in [5.41, 5.74) is 1.62. The third-order valence-corrected chi connectivity index (χ3v) is 2.94. The molecule has 0 unspecified atom stereocenters. The quantitative estimate of drug-likeness (QED) is 0.434. The number of carboxylic acids is 1. The average molecular weight is 302 g/mol. The highest BCUT2D eigenvalue weighted by molar-refractivity contribution is 5.99. The van der Waals surface area contributed by atoms with Crippen molar-refractivity contribution in [2.45, 2.75) is 25.8 Å². The zero-order chi connectivity index (χ0) is 15.6. The molecule has 0 spiro atoms. The van der Waals surface area contributed by atoms with E-state index in [4.69, 9.17) is 9.94 Å². The van der Waals surface area contributed by atoms with Crippen LogP contribution in [0, 0.1) is 0 Å². The number of aromatic nitrogens is 3. The van der Waals surface area contributed by atoms with Gasteiger partial charge >= 0.3 is 5.97 Å². The zero-order valence-electron chi connectivity index (χ0n) is 12.1. The number of carbonyl (C=O) groups is 1. The number of nitrogens with zero attached hydrogens (tertiary/aromatic N) is 4. The fourth-order valence-corrected chi connectivity index (χ4v) is 1.83. The SMILES string of the molecule is O=C(O)CCCCON=C(Cn1ccnc1)c1cccnc1. The second kappa shape index (κ2) is 8.56. The number of aliphatic carboxylic acids is 1. The highest BCUT2D eigenvalue weighted by Crippen LogP contribution is 2.04. The van der Waals surface area contributed by atoms with Crippen molar-refractivity contribution in [3.63, 3.8) is 0 Å². The Hall–Kier alpha value is -2.70. The molecule has 0 saturated heterocycles. The number of carboxylic acid groups (broad SMARTS) is 1. The fraction of sp³-hybridized carbons (Fsp3) is 0.333. The van der Waals surface area contributed by atoms with Gasteiger partial charge in [-0.25, -0.2) is 4.98 Å². The van der Waals surface area contributed by atoms with E-state index < -0.39 is 5.97 Å².